The second-order valence-corrected chi connectivity index (χ2v) is 5.51. The van der Waals surface area contributed by atoms with E-state index in [9.17, 15) is 9.59 Å². The van der Waals surface area contributed by atoms with E-state index >= 15 is 0 Å². The molecule has 0 saturated carbocycles. The molecule has 1 aromatic carbocycles. The van der Waals surface area contributed by atoms with Gasteiger partial charge in [0.05, 0.1) is 5.52 Å². The number of hydrogen-bond acceptors (Lipinski definition) is 6. The monoisotopic (exact) mass is 350 g/mol. The zero-order valence-corrected chi connectivity index (χ0v) is 13.5. The summed E-state index contributed by atoms with van der Waals surface area (Å²) < 4.78 is 6.56. The Hall–Kier alpha value is -3.75. The van der Waals surface area contributed by atoms with Crippen LogP contribution < -0.4 is 11.1 Å². The van der Waals surface area contributed by atoms with Crippen molar-refractivity contribution in [3.05, 3.63) is 59.2 Å². The molecule has 4 aromatic rings. The molecule has 4 rings (SSSR count). The van der Waals surface area contributed by atoms with Gasteiger partial charge in [0.25, 0.3) is 0 Å². The highest BCUT2D eigenvalue weighted by Gasteiger charge is 2.12. The third-order valence-corrected chi connectivity index (χ3v) is 3.78. The quantitative estimate of drug-likeness (QED) is 0.566. The Morgan fingerprint density at radius 1 is 1.19 bits per heavy atom. The third kappa shape index (κ3) is 3.09. The maximum Gasteiger partial charge on any atom is 0.419 e. The van der Waals surface area contributed by atoms with Crippen LogP contribution in [-0.4, -0.2) is 30.6 Å². The van der Waals surface area contributed by atoms with Crippen molar-refractivity contribution >= 4 is 23.0 Å². The van der Waals surface area contributed by atoms with Gasteiger partial charge in [-0.25, -0.2) is 4.79 Å². The summed E-state index contributed by atoms with van der Waals surface area (Å²) in [5.41, 5.74) is 1.77. The Labute approximate surface area is 146 Å². The minimum absolute atomic E-state index is 0.0803. The number of nitrogens with one attached hydrogen (secondary N) is 2. The molecule has 0 saturated heterocycles. The smallest absolute Gasteiger partial charge is 0.408 e. The van der Waals surface area contributed by atoms with Crippen molar-refractivity contribution in [1.82, 2.24) is 24.7 Å². The number of carbonyl (C=O) groups is 1. The highest BCUT2D eigenvalue weighted by molar-refractivity contribution is 5.89. The highest BCUT2D eigenvalue weighted by Crippen LogP contribution is 2.13. The largest absolute Gasteiger partial charge is 0.419 e. The van der Waals surface area contributed by atoms with Crippen LogP contribution in [0, 0.1) is 0 Å². The number of fused-ring (bicyclic) bond motifs is 1. The van der Waals surface area contributed by atoms with Crippen LogP contribution in [0.1, 0.15) is 6.42 Å². The van der Waals surface area contributed by atoms with Gasteiger partial charge in [-0.3, -0.25) is 24.8 Å². The van der Waals surface area contributed by atoms with E-state index in [-0.39, 0.29) is 24.8 Å². The number of benzene rings is 1. The first-order chi connectivity index (χ1) is 12.7. The lowest BCUT2D eigenvalue weighted by atomic mass is 10.3. The van der Waals surface area contributed by atoms with E-state index in [1.165, 1.54) is 4.57 Å². The molecule has 0 spiro atoms. The van der Waals surface area contributed by atoms with Crippen LogP contribution in [0.3, 0.4) is 0 Å². The van der Waals surface area contributed by atoms with Crippen LogP contribution in [0.15, 0.2) is 57.9 Å². The van der Waals surface area contributed by atoms with Crippen LogP contribution in [0.2, 0.25) is 0 Å². The fraction of sp³-hybridized carbons (Fsp3) is 0.118. The summed E-state index contributed by atoms with van der Waals surface area (Å²) in [5.74, 6) is -0.193. The standard InChI is InChI=1S/C17H14N6O3/c24-14(8-10-23-12-6-1-2-7-13(12)26-17(23)25)19-16-20-15(21-22-16)11-5-3-4-9-18-11/h1-7,9H,8,10H2,(H2,19,20,21,22,24). The van der Waals surface area contributed by atoms with Gasteiger partial charge in [-0.2, -0.15) is 4.98 Å². The molecule has 2 N–H and O–H groups in total. The predicted molar refractivity (Wildman–Crippen MR) is 93.3 cm³/mol. The van der Waals surface area contributed by atoms with E-state index in [1.54, 1.807) is 42.6 Å². The average molecular weight is 350 g/mol. The molecule has 9 heteroatoms. The number of amides is 1. The number of H-pyrrole nitrogens is 1. The number of aryl methyl sites for hydroxylation is 1. The van der Waals surface area contributed by atoms with Gasteiger partial charge >= 0.3 is 5.76 Å². The molecule has 26 heavy (non-hydrogen) atoms. The van der Waals surface area contributed by atoms with E-state index < -0.39 is 5.76 Å². The van der Waals surface area contributed by atoms with Gasteiger partial charge in [0.1, 0.15) is 5.69 Å². The number of oxazole rings is 1. The highest BCUT2D eigenvalue weighted by atomic mass is 16.4. The van der Waals surface area contributed by atoms with Crippen LogP contribution in [0.4, 0.5) is 5.95 Å². The number of aromatic nitrogens is 5. The van der Waals surface area contributed by atoms with E-state index in [0.29, 0.717) is 22.6 Å². The Morgan fingerprint density at radius 2 is 2.04 bits per heavy atom. The molecule has 0 aliphatic rings. The summed E-state index contributed by atoms with van der Waals surface area (Å²) in [6.45, 7) is 0.194. The molecule has 9 nitrogen and oxygen atoms in total. The van der Waals surface area contributed by atoms with E-state index in [4.69, 9.17) is 4.42 Å². The van der Waals surface area contributed by atoms with Crippen molar-refractivity contribution in [1.29, 1.82) is 0 Å². The number of carbonyl (C=O) groups excluding carboxylic acids is 1. The summed E-state index contributed by atoms with van der Waals surface area (Å²) in [6.07, 6.45) is 1.72. The first kappa shape index (κ1) is 15.8. The lowest BCUT2D eigenvalue weighted by Crippen LogP contribution is -2.20. The normalized spacial score (nSPS) is 10.9. The Balaban J connectivity index is 1.42. The van der Waals surface area contributed by atoms with Gasteiger partial charge in [-0.1, -0.05) is 18.2 Å². The number of para-hydroxylation sites is 2. The van der Waals surface area contributed by atoms with Crippen molar-refractivity contribution in [2.45, 2.75) is 13.0 Å². The minimum atomic E-state index is -0.491. The molecule has 0 atom stereocenters. The van der Waals surface area contributed by atoms with Crippen LogP contribution in [0.5, 0.6) is 0 Å². The topological polar surface area (TPSA) is 119 Å². The maximum absolute atomic E-state index is 12.1. The van der Waals surface area contributed by atoms with Crippen LogP contribution in [-0.2, 0) is 11.3 Å². The molecule has 0 unspecified atom stereocenters. The second kappa shape index (κ2) is 6.63. The molecule has 3 aromatic heterocycles. The lowest BCUT2D eigenvalue weighted by molar-refractivity contribution is -0.116. The number of nitrogens with zero attached hydrogens (tertiary/aromatic N) is 4. The molecule has 0 radical (unpaired) electrons. The fourth-order valence-electron chi connectivity index (χ4n) is 2.56. The molecule has 0 bridgehead atoms. The van der Waals surface area contributed by atoms with Crippen LogP contribution >= 0.6 is 0 Å². The first-order valence-electron chi connectivity index (χ1n) is 7.93. The van der Waals surface area contributed by atoms with Gasteiger partial charge in [-0.05, 0) is 24.3 Å². The molecule has 130 valence electrons. The van der Waals surface area contributed by atoms with Crippen molar-refractivity contribution in [3.63, 3.8) is 0 Å². The third-order valence-electron chi connectivity index (χ3n) is 3.78. The Kier molecular flexibility index (Phi) is 4.02. The predicted octanol–water partition coefficient (Wildman–Crippen LogP) is 1.80. The van der Waals surface area contributed by atoms with Gasteiger partial charge in [0, 0.05) is 19.2 Å². The SMILES string of the molecule is O=C(CCn1c(=O)oc2ccccc21)Nc1n[nH]c(-c2ccccn2)n1. The molecule has 0 aliphatic heterocycles. The van der Waals surface area contributed by atoms with Gasteiger partial charge < -0.3 is 4.42 Å². The molecule has 0 aliphatic carbocycles. The minimum Gasteiger partial charge on any atom is -0.408 e. The van der Waals surface area contributed by atoms with Crippen molar-refractivity contribution < 1.29 is 9.21 Å². The summed E-state index contributed by atoms with van der Waals surface area (Å²) in [4.78, 5) is 32.4. The summed E-state index contributed by atoms with van der Waals surface area (Å²) in [6, 6.07) is 12.5. The van der Waals surface area contributed by atoms with Crippen molar-refractivity contribution in [3.8, 4) is 11.5 Å². The number of pyridine rings is 1. The fourth-order valence-corrected chi connectivity index (χ4v) is 2.56. The second-order valence-electron chi connectivity index (χ2n) is 5.51. The van der Waals surface area contributed by atoms with E-state index in [1.807, 2.05) is 6.07 Å². The van der Waals surface area contributed by atoms with E-state index in [0.717, 1.165) is 0 Å². The number of rotatable bonds is 5. The summed E-state index contributed by atoms with van der Waals surface area (Å²) >= 11 is 0. The molecule has 3 heterocycles. The lowest BCUT2D eigenvalue weighted by Gasteiger charge is -2.02. The van der Waals surface area contributed by atoms with Gasteiger partial charge in [-0.15, -0.1) is 5.10 Å². The zero-order valence-electron chi connectivity index (χ0n) is 13.5. The number of aromatic amines is 1. The summed E-state index contributed by atoms with van der Waals surface area (Å²) in [5, 5.41) is 9.27. The zero-order chi connectivity index (χ0) is 17.9. The Bertz CT molecular complexity index is 1110. The van der Waals surface area contributed by atoms with Crippen LogP contribution in [0.25, 0.3) is 22.6 Å². The molecular formula is C17H14N6O3. The van der Waals surface area contributed by atoms with Crippen molar-refractivity contribution in [2.24, 2.45) is 0 Å². The number of anilines is 1. The first-order valence-corrected chi connectivity index (χ1v) is 7.93. The average Bonchev–Trinajstić information content (AvgIpc) is 3.24. The Morgan fingerprint density at radius 3 is 2.88 bits per heavy atom. The van der Waals surface area contributed by atoms with Gasteiger partial charge in [0.2, 0.25) is 11.9 Å². The van der Waals surface area contributed by atoms with Crippen molar-refractivity contribution in [2.75, 3.05) is 5.32 Å². The van der Waals surface area contributed by atoms with E-state index in [2.05, 4.69) is 25.5 Å². The van der Waals surface area contributed by atoms with Gasteiger partial charge in [0.15, 0.2) is 11.4 Å². The summed E-state index contributed by atoms with van der Waals surface area (Å²) in [7, 11) is 0. The number of hydrogen-bond donors (Lipinski definition) is 2. The molecular weight excluding hydrogens is 336 g/mol. The molecule has 1 amide bonds. The maximum atomic E-state index is 12.1. The molecule has 0 fully saturated rings.